The van der Waals surface area contributed by atoms with E-state index in [1.807, 2.05) is 13.8 Å². The van der Waals surface area contributed by atoms with Gasteiger partial charge in [0, 0.05) is 17.5 Å². The van der Waals surface area contributed by atoms with Gasteiger partial charge in [0.25, 0.3) is 5.91 Å². The smallest absolute Gasteiger partial charge is 0.270 e. The van der Waals surface area contributed by atoms with Gasteiger partial charge in [-0.3, -0.25) is 4.79 Å². The SMILES string of the molecule is CC[C@@H](C)NC(=O)c1csc(COc2cccc(F)c2)n1. The molecule has 1 aromatic carbocycles. The highest BCUT2D eigenvalue weighted by Gasteiger charge is 2.12. The second-order valence-electron chi connectivity index (χ2n) is 4.66. The van der Waals surface area contributed by atoms with Crippen LogP contribution in [-0.2, 0) is 6.61 Å². The van der Waals surface area contributed by atoms with Crippen LogP contribution >= 0.6 is 11.3 Å². The van der Waals surface area contributed by atoms with E-state index in [0.717, 1.165) is 6.42 Å². The fourth-order valence-corrected chi connectivity index (χ4v) is 2.27. The molecular weight excluding hydrogens is 291 g/mol. The molecule has 2 aromatic rings. The molecule has 112 valence electrons. The predicted molar refractivity (Wildman–Crippen MR) is 80.1 cm³/mol. The minimum absolute atomic E-state index is 0.117. The molecule has 1 heterocycles. The van der Waals surface area contributed by atoms with Crippen molar-refractivity contribution in [3.05, 3.63) is 46.2 Å². The molecular formula is C15H17FN2O2S. The molecule has 1 atom stereocenters. The number of aromatic nitrogens is 1. The lowest BCUT2D eigenvalue weighted by molar-refractivity contribution is 0.0934. The zero-order chi connectivity index (χ0) is 15.2. The molecule has 0 unspecified atom stereocenters. The summed E-state index contributed by atoms with van der Waals surface area (Å²) in [6.07, 6.45) is 0.866. The lowest BCUT2D eigenvalue weighted by Gasteiger charge is -2.09. The number of nitrogens with one attached hydrogen (secondary N) is 1. The Kier molecular flexibility index (Phi) is 5.27. The van der Waals surface area contributed by atoms with Crippen molar-refractivity contribution in [2.24, 2.45) is 0 Å². The number of halogens is 1. The van der Waals surface area contributed by atoms with Gasteiger partial charge in [-0.05, 0) is 25.5 Å². The first-order chi connectivity index (χ1) is 10.1. The van der Waals surface area contributed by atoms with Crippen molar-refractivity contribution in [2.75, 3.05) is 0 Å². The molecule has 0 aliphatic rings. The lowest BCUT2D eigenvalue weighted by Crippen LogP contribution is -2.32. The van der Waals surface area contributed by atoms with Crippen LogP contribution in [-0.4, -0.2) is 16.9 Å². The minimum Gasteiger partial charge on any atom is -0.486 e. The van der Waals surface area contributed by atoms with E-state index in [4.69, 9.17) is 4.74 Å². The highest BCUT2D eigenvalue weighted by atomic mass is 32.1. The predicted octanol–water partition coefficient (Wildman–Crippen LogP) is 3.39. The molecule has 4 nitrogen and oxygen atoms in total. The summed E-state index contributed by atoms with van der Waals surface area (Å²) in [4.78, 5) is 16.1. The lowest BCUT2D eigenvalue weighted by atomic mass is 10.2. The molecule has 6 heteroatoms. The summed E-state index contributed by atoms with van der Waals surface area (Å²) in [6, 6.07) is 6.04. The maximum Gasteiger partial charge on any atom is 0.270 e. The molecule has 1 N–H and O–H groups in total. The zero-order valence-corrected chi connectivity index (χ0v) is 12.7. The van der Waals surface area contributed by atoms with Gasteiger partial charge in [0.05, 0.1) is 0 Å². The summed E-state index contributed by atoms with van der Waals surface area (Å²) >= 11 is 1.35. The Hall–Kier alpha value is -1.95. The molecule has 0 spiro atoms. The Morgan fingerprint density at radius 2 is 2.33 bits per heavy atom. The van der Waals surface area contributed by atoms with Gasteiger partial charge in [-0.1, -0.05) is 13.0 Å². The number of carbonyl (C=O) groups excluding carboxylic acids is 1. The van der Waals surface area contributed by atoms with Crippen molar-refractivity contribution in [2.45, 2.75) is 32.9 Å². The number of hydrogen-bond donors (Lipinski definition) is 1. The van der Waals surface area contributed by atoms with E-state index in [-0.39, 0.29) is 24.4 Å². The van der Waals surface area contributed by atoms with E-state index < -0.39 is 0 Å². The van der Waals surface area contributed by atoms with E-state index in [1.54, 1.807) is 17.5 Å². The van der Waals surface area contributed by atoms with Crippen molar-refractivity contribution >= 4 is 17.2 Å². The summed E-state index contributed by atoms with van der Waals surface area (Å²) < 4.78 is 18.5. The van der Waals surface area contributed by atoms with E-state index in [9.17, 15) is 9.18 Å². The van der Waals surface area contributed by atoms with Crippen LogP contribution in [0.5, 0.6) is 5.75 Å². The first-order valence-electron chi connectivity index (χ1n) is 6.72. The Balaban J connectivity index is 1.92. The van der Waals surface area contributed by atoms with Gasteiger partial charge in [-0.2, -0.15) is 0 Å². The zero-order valence-electron chi connectivity index (χ0n) is 11.9. The number of carbonyl (C=O) groups is 1. The molecule has 0 aliphatic carbocycles. The van der Waals surface area contributed by atoms with Crippen LogP contribution in [0.25, 0.3) is 0 Å². The van der Waals surface area contributed by atoms with Gasteiger partial charge < -0.3 is 10.1 Å². The standard InChI is InChI=1S/C15H17FN2O2S/c1-3-10(2)17-15(19)13-9-21-14(18-13)8-20-12-6-4-5-11(16)7-12/h4-7,9-10H,3,8H2,1-2H3,(H,17,19)/t10-/m1/s1. The van der Waals surface area contributed by atoms with Crippen LogP contribution in [0.4, 0.5) is 4.39 Å². The average molecular weight is 308 g/mol. The Morgan fingerprint density at radius 3 is 3.05 bits per heavy atom. The number of nitrogens with zero attached hydrogens (tertiary/aromatic N) is 1. The maximum atomic E-state index is 13.0. The number of rotatable bonds is 6. The van der Waals surface area contributed by atoms with Crippen LogP contribution in [0.15, 0.2) is 29.6 Å². The quantitative estimate of drug-likeness (QED) is 0.890. The molecule has 2 rings (SSSR count). The van der Waals surface area contributed by atoms with E-state index >= 15 is 0 Å². The molecule has 1 aromatic heterocycles. The Bertz CT molecular complexity index is 615. The Morgan fingerprint density at radius 1 is 1.52 bits per heavy atom. The van der Waals surface area contributed by atoms with E-state index in [1.165, 1.54) is 23.5 Å². The van der Waals surface area contributed by atoms with Crippen molar-refractivity contribution in [1.29, 1.82) is 0 Å². The molecule has 0 aliphatic heterocycles. The monoisotopic (exact) mass is 308 g/mol. The molecule has 0 bridgehead atoms. The largest absolute Gasteiger partial charge is 0.486 e. The fraction of sp³-hybridized carbons (Fsp3) is 0.333. The topological polar surface area (TPSA) is 51.2 Å². The number of hydrogen-bond acceptors (Lipinski definition) is 4. The molecule has 0 saturated carbocycles. The van der Waals surface area contributed by atoms with Crippen molar-refractivity contribution in [3.63, 3.8) is 0 Å². The van der Waals surface area contributed by atoms with Gasteiger partial charge >= 0.3 is 0 Å². The van der Waals surface area contributed by atoms with Crippen molar-refractivity contribution in [3.8, 4) is 5.75 Å². The van der Waals surface area contributed by atoms with E-state index in [2.05, 4.69) is 10.3 Å². The minimum atomic E-state index is -0.347. The second-order valence-corrected chi connectivity index (χ2v) is 5.60. The third-order valence-electron chi connectivity index (χ3n) is 2.93. The Labute approximate surface area is 127 Å². The van der Waals surface area contributed by atoms with Crippen LogP contribution in [0.1, 0.15) is 35.8 Å². The highest BCUT2D eigenvalue weighted by Crippen LogP contribution is 2.16. The van der Waals surface area contributed by atoms with Gasteiger partial charge in [0.15, 0.2) is 0 Å². The summed E-state index contributed by atoms with van der Waals surface area (Å²) in [5.74, 6) is -0.0892. The maximum absolute atomic E-state index is 13.0. The fourth-order valence-electron chi connectivity index (χ4n) is 1.58. The third-order valence-corrected chi connectivity index (χ3v) is 3.75. The number of ether oxygens (including phenoxy) is 1. The van der Waals surface area contributed by atoms with Crippen LogP contribution < -0.4 is 10.1 Å². The summed E-state index contributed by atoms with van der Waals surface area (Å²) in [7, 11) is 0. The average Bonchev–Trinajstić information content (AvgIpc) is 2.94. The number of amides is 1. The normalized spacial score (nSPS) is 12.0. The van der Waals surface area contributed by atoms with Crippen LogP contribution in [0, 0.1) is 5.82 Å². The summed E-state index contributed by atoms with van der Waals surface area (Å²) in [6.45, 7) is 4.16. The van der Waals surface area contributed by atoms with Crippen molar-refractivity contribution < 1.29 is 13.9 Å². The molecule has 1 amide bonds. The van der Waals surface area contributed by atoms with Crippen LogP contribution in [0.3, 0.4) is 0 Å². The van der Waals surface area contributed by atoms with E-state index in [0.29, 0.717) is 16.5 Å². The summed E-state index contributed by atoms with van der Waals surface area (Å²) in [5.41, 5.74) is 0.387. The highest BCUT2D eigenvalue weighted by molar-refractivity contribution is 7.09. The van der Waals surface area contributed by atoms with Crippen molar-refractivity contribution in [1.82, 2.24) is 10.3 Å². The van der Waals surface area contributed by atoms with Gasteiger partial charge in [-0.15, -0.1) is 11.3 Å². The number of thiazole rings is 1. The van der Waals surface area contributed by atoms with Crippen LogP contribution in [0.2, 0.25) is 0 Å². The second kappa shape index (κ2) is 7.17. The molecule has 0 radical (unpaired) electrons. The third kappa shape index (κ3) is 4.53. The molecule has 21 heavy (non-hydrogen) atoms. The molecule has 0 fully saturated rings. The molecule has 0 saturated heterocycles. The summed E-state index contributed by atoms with van der Waals surface area (Å²) in [5, 5.41) is 5.23. The number of benzene rings is 1. The van der Waals surface area contributed by atoms with Gasteiger partial charge in [0.2, 0.25) is 0 Å². The first-order valence-corrected chi connectivity index (χ1v) is 7.60. The van der Waals surface area contributed by atoms with Gasteiger partial charge in [0.1, 0.15) is 28.9 Å². The van der Waals surface area contributed by atoms with Gasteiger partial charge in [-0.25, -0.2) is 9.37 Å². The first kappa shape index (κ1) is 15.4.